The molecular formula is C65H104O31. The average Bonchev–Trinajstić information content (AvgIpc) is 0.676. The van der Waals surface area contributed by atoms with Crippen LogP contribution in [0.1, 0.15) is 127 Å². The zero-order valence-electron chi connectivity index (χ0n) is 55.6. The number of fused-ring (bicyclic) bond motifs is 7. The lowest BCUT2D eigenvalue weighted by Gasteiger charge is -2.71. The van der Waals surface area contributed by atoms with Crippen molar-refractivity contribution in [1.29, 1.82) is 0 Å². The Kier molecular flexibility index (Phi) is 21.5. The van der Waals surface area contributed by atoms with E-state index in [1.165, 1.54) is 13.8 Å². The summed E-state index contributed by atoms with van der Waals surface area (Å²) in [4.78, 5) is 28.2. The second-order valence-corrected chi connectivity index (χ2v) is 31.4. The van der Waals surface area contributed by atoms with Gasteiger partial charge in [-0.25, -0.2) is 4.79 Å². The van der Waals surface area contributed by atoms with Gasteiger partial charge >= 0.3 is 11.9 Å². The summed E-state index contributed by atoms with van der Waals surface area (Å²) in [7, 11) is 0. The Hall–Kier alpha value is -2.40. The topological polar surface area (TPSA) is 489 Å². The lowest BCUT2D eigenvalue weighted by Crippen LogP contribution is -2.67. The SMILES string of the molecule is C[C@@H]1O[C@H](O[C@@H]2[C@@H](OC(=O)[C@@]34CCC(C)(C)C[C@@H]3C3=CC[C@H]5[C@@]6(C)CC[C@H](O[C@@H]7O[C@H](C(=O)O)[C@@H](O)[C@@H](O)[C@H]7O[C@H]7O[C@H](CO)[C@@H](O)[C@@H](O)[C@H]7O)C(C)(C)[C@H]6CC[C@]5(C)[C@@]3(C)CC4)O[C@H](C)[C@@H](O)[C@@H]2O)[C@@H](O)[C@@H](O[C@H]2O[C@H](CO)[C@@H](O)[C@H](O)[C@H]2O)[C@H]1O[C@@H]1OC[C@@H](O)[C@@H](O)[C@H]1O. The van der Waals surface area contributed by atoms with Crippen LogP contribution >= 0.6 is 0 Å². The number of hydrogen-bond donors (Lipinski definition) is 17. The van der Waals surface area contributed by atoms with Crippen molar-refractivity contribution in [2.75, 3.05) is 19.8 Å². The Morgan fingerprint density at radius 2 is 1.04 bits per heavy atom. The monoisotopic (exact) mass is 1380 g/mol. The fourth-order valence-corrected chi connectivity index (χ4v) is 19.1. The van der Waals surface area contributed by atoms with E-state index in [0.717, 1.165) is 18.4 Å². The normalized spacial score (nSPS) is 54.1. The van der Waals surface area contributed by atoms with Crippen LogP contribution in [-0.4, -0.2) is 303 Å². The summed E-state index contributed by atoms with van der Waals surface area (Å²) in [5.41, 5.74) is -2.00. The molecule has 0 amide bonds. The molecule has 17 N–H and O–H groups in total. The van der Waals surface area contributed by atoms with Crippen molar-refractivity contribution in [1.82, 2.24) is 0 Å². The molecule has 10 fully saturated rings. The van der Waals surface area contributed by atoms with Crippen LogP contribution in [0.15, 0.2) is 11.6 Å². The Morgan fingerprint density at radius 1 is 0.500 bits per heavy atom. The van der Waals surface area contributed by atoms with Crippen molar-refractivity contribution in [3.05, 3.63) is 11.6 Å². The molecule has 6 saturated heterocycles. The molecule has 0 aromatic rings. The van der Waals surface area contributed by atoms with Gasteiger partial charge in [0.25, 0.3) is 0 Å². The van der Waals surface area contributed by atoms with E-state index < -0.39 is 232 Å². The van der Waals surface area contributed by atoms with Gasteiger partial charge < -0.3 is 144 Å². The van der Waals surface area contributed by atoms with E-state index in [-0.39, 0.29) is 34.0 Å². The van der Waals surface area contributed by atoms with Crippen LogP contribution in [0.5, 0.6) is 0 Å². The lowest BCUT2D eigenvalue weighted by atomic mass is 9.33. The summed E-state index contributed by atoms with van der Waals surface area (Å²) >= 11 is 0. The van der Waals surface area contributed by atoms with E-state index in [2.05, 4.69) is 54.5 Å². The van der Waals surface area contributed by atoms with Crippen LogP contribution in [0, 0.1) is 50.2 Å². The summed E-state index contributed by atoms with van der Waals surface area (Å²) in [6, 6.07) is 0. The number of allylic oxidation sites excluding steroid dienone is 2. The van der Waals surface area contributed by atoms with E-state index in [1.807, 2.05) is 0 Å². The van der Waals surface area contributed by atoms with Crippen molar-refractivity contribution in [2.45, 2.75) is 311 Å². The highest BCUT2D eigenvalue weighted by molar-refractivity contribution is 5.79. The Morgan fingerprint density at radius 3 is 1.65 bits per heavy atom. The Bertz CT molecular complexity index is 2760. The van der Waals surface area contributed by atoms with Gasteiger partial charge in [0.1, 0.15) is 116 Å². The molecule has 31 nitrogen and oxygen atoms in total. The summed E-state index contributed by atoms with van der Waals surface area (Å²) in [6.45, 7) is 16.3. The van der Waals surface area contributed by atoms with Gasteiger partial charge in [-0.2, -0.15) is 0 Å². The van der Waals surface area contributed by atoms with E-state index in [4.69, 9.17) is 56.8 Å². The summed E-state index contributed by atoms with van der Waals surface area (Å²) in [5, 5.41) is 184. The summed E-state index contributed by atoms with van der Waals surface area (Å²) in [5.74, 6) is -2.48. The van der Waals surface area contributed by atoms with Crippen LogP contribution < -0.4 is 0 Å². The smallest absolute Gasteiger partial charge is 0.335 e. The number of aliphatic hydroxyl groups is 16. The summed E-state index contributed by atoms with van der Waals surface area (Å²) in [6.07, 6.45) is -42.9. The van der Waals surface area contributed by atoms with Gasteiger partial charge in [0.05, 0.1) is 43.5 Å². The molecule has 550 valence electrons. The molecular weight excluding hydrogens is 1280 g/mol. The van der Waals surface area contributed by atoms with E-state index in [1.54, 1.807) is 0 Å². The largest absolute Gasteiger partial charge is 0.479 e. The van der Waals surface area contributed by atoms with Crippen molar-refractivity contribution in [3.63, 3.8) is 0 Å². The van der Waals surface area contributed by atoms with Gasteiger partial charge in [-0.15, -0.1) is 0 Å². The molecule has 6 aliphatic heterocycles. The van der Waals surface area contributed by atoms with Crippen LogP contribution in [0.2, 0.25) is 0 Å². The molecule has 0 aromatic heterocycles. The molecule has 0 spiro atoms. The molecule has 96 heavy (non-hydrogen) atoms. The fraction of sp³-hybridized carbons (Fsp3) is 0.938. The van der Waals surface area contributed by atoms with Crippen LogP contribution in [0.25, 0.3) is 0 Å². The number of aliphatic hydroxyl groups excluding tert-OH is 16. The predicted octanol–water partition coefficient (Wildman–Crippen LogP) is -3.60. The third-order valence-electron chi connectivity index (χ3n) is 25.1. The minimum absolute atomic E-state index is 0.0114. The first-order valence-corrected chi connectivity index (χ1v) is 34.0. The molecule has 0 unspecified atom stereocenters. The fourth-order valence-electron chi connectivity index (χ4n) is 19.1. The molecule has 11 aliphatic rings. The standard InChI is InChI=1S/C65H104O31/c1-24-34(69)40(75)50(95-56-46(81)48(92-54-44(79)38(73)36(71)29(21-66)88-54)47(25(2)87-56)91-53-43(78)35(70)28(68)23-85-53)57(86-24)96-59(84)65-18-16-60(3,4)20-27(65)26-10-11-32-62(7)14-13-33(61(5,6)31(62)12-15-64(32,9)63(26,8)17-19-65)90-58-51(42(77)41(76)49(93-58)52(82)83)94-55-45(80)39(74)37(72)30(22-67)89-55/h10,24-25,27-51,53-58,66-81H,11-23H2,1-9H3,(H,82,83)/t24-,25+,27-,28-,29-,30-,31-,32+,33+,34-,35-,36-,37-,38+,39-,40+,41+,42-,43-,44-,45-,46+,47+,48-,49+,50+,51-,53+,54-,55-,56-,57-,58-,62+,63+,64+,65-/m1/s1. The van der Waals surface area contributed by atoms with Crippen molar-refractivity contribution < 1.29 is 153 Å². The first-order chi connectivity index (χ1) is 44.9. The van der Waals surface area contributed by atoms with Crippen LogP contribution in [-0.2, 0) is 66.4 Å². The van der Waals surface area contributed by atoms with Gasteiger partial charge in [-0.05, 0) is 123 Å². The maximum Gasteiger partial charge on any atom is 0.335 e. The number of aliphatic carboxylic acids is 1. The van der Waals surface area contributed by atoms with Gasteiger partial charge in [0.2, 0.25) is 6.29 Å². The maximum absolute atomic E-state index is 15.8. The Balaban J connectivity index is 0.835. The zero-order chi connectivity index (χ0) is 70.2. The number of carboxylic acids is 1. The highest BCUT2D eigenvalue weighted by Crippen LogP contribution is 2.76. The first kappa shape index (κ1) is 74.8. The number of carbonyl (C=O) groups is 2. The van der Waals surface area contributed by atoms with Crippen molar-refractivity contribution in [2.24, 2.45) is 50.2 Å². The predicted molar refractivity (Wildman–Crippen MR) is 320 cm³/mol. The number of carbonyl (C=O) groups excluding carboxylic acids is 1. The Labute approximate surface area is 556 Å². The molecule has 5 aliphatic carbocycles. The number of hydrogen-bond acceptors (Lipinski definition) is 30. The van der Waals surface area contributed by atoms with Gasteiger partial charge in [0, 0.05) is 0 Å². The van der Waals surface area contributed by atoms with Gasteiger partial charge in [-0.1, -0.05) is 60.1 Å². The highest BCUT2D eigenvalue weighted by atomic mass is 16.8. The molecule has 0 bridgehead atoms. The number of esters is 1. The number of rotatable bonds is 15. The first-order valence-electron chi connectivity index (χ1n) is 34.0. The van der Waals surface area contributed by atoms with E-state index >= 15 is 4.79 Å². The third-order valence-corrected chi connectivity index (χ3v) is 25.1. The minimum Gasteiger partial charge on any atom is -0.479 e. The van der Waals surface area contributed by atoms with Crippen molar-refractivity contribution in [3.8, 4) is 0 Å². The van der Waals surface area contributed by atoms with Crippen molar-refractivity contribution >= 4 is 11.9 Å². The molecule has 4 saturated carbocycles. The molecule has 31 heteroatoms. The highest BCUT2D eigenvalue weighted by Gasteiger charge is 2.71. The van der Waals surface area contributed by atoms with E-state index in [0.29, 0.717) is 51.4 Å². The van der Waals surface area contributed by atoms with Crippen LogP contribution in [0.3, 0.4) is 0 Å². The van der Waals surface area contributed by atoms with Crippen LogP contribution in [0.4, 0.5) is 0 Å². The minimum atomic E-state index is -2.05. The molecule has 0 aromatic carbocycles. The van der Waals surface area contributed by atoms with Gasteiger partial charge in [0.15, 0.2) is 43.7 Å². The number of ether oxygens (including phenoxy) is 12. The quantitative estimate of drug-likeness (QED) is 0.0428. The maximum atomic E-state index is 15.8. The second kappa shape index (κ2) is 27.7. The molecule has 6 heterocycles. The average molecular weight is 1380 g/mol. The van der Waals surface area contributed by atoms with Gasteiger partial charge in [-0.3, -0.25) is 4.79 Å². The second-order valence-electron chi connectivity index (χ2n) is 31.4. The lowest BCUT2D eigenvalue weighted by molar-refractivity contribution is -0.394. The number of carboxylic acid groups (broad SMARTS) is 1. The van der Waals surface area contributed by atoms with E-state index in [9.17, 15) is 91.6 Å². The molecule has 0 radical (unpaired) electrons. The third kappa shape index (κ3) is 12.7. The molecule has 11 rings (SSSR count). The molecule has 37 atom stereocenters. The zero-order valence-corrected chi connectivity index (χ0v) is 55.6. The summed E-state index contributed by atoms with van der Waals surface area (Å²) < 4.78 is 72.9.